The van der Waals surface area contributed by atoms with Crippen molar-refractivity contribution < 1.29 is 19.1 Å². The van der Waals surface area contributed by atoms with Crippen molar-refractivity contribution in [2.75, 3.05) is 0 Å². The van der Waals surface area contributed by atoms with Gasteiger partial charge in [-0.1, -0.05) is 12.1 Å². The third-order valence-electron chi connectivity index (χ3n) is 3.71. The second kappa shape index (κ2) is 5.23. The van der Waals surface area contributed by atoms with E-state index in [1.807, 2.05) is 0 Å². The second-order valence-electron chi connectivity index (χ2n) is 5.50. The predicted molar refractivity (Wildman–Crippen MR) is 71.7 cm³/mol. The number of rotatable bonds is 5. The summed E-state index contributed by atoms with van der Waals surface area (Å²) in [6, 6.07) is 5.72. The summed E-state index contributed by atoms with van der Waals surface area (Å²) in [7, 11) is 0. The molecule has 1 saturated carbocycles. The highest BCUT2D eigenvalue weighted by Gasteiger charge is 2.47. The van der Waals surface area contributed by atoms with E-state index in [0.717, 1.165) is 12.8 Å². The molecule has 1 fully saturated rings. The number of benzene rings is 1. The van der Waals surface area contributed by atoms with Crippen LogP contribution in [-0.4, -0.2) is 33.5 Å². The van der Waals surface area contributed by atoms with Crippen molar-refractivity contribution in [1.82, 2.24) is 4.90 Å². The Hall–Kier alpha value is -1.91. The van der Waals surface area contributed by atoms with Gasteiger partial charge in [0.15, 0.2) is 0 Å². The normalized spacial score (nSPS) is 17.4. The standard InChI is InChI=1S/C15H18FNO3/c1-10(18)17(13-7-8-13)15(2,14(19)20)9-11-3-5-12(16)6-4-11/h3-6,13H,7-9H2,1-2H3,(H,19,20). The Morgan fingerprint density at radius 1 is 1.35 bits per heavy atom. The van der Waals surface area contributed by atoms with Gasteiger partial charge in [-0.15, -0.1) is 0 Å². The zero-order valence-electron chi connectivity index (χ0n) is 11.6. The summed E-state index contributed by atoms with van der Waals surface area (Å²) in [6.45, 7) is 2.95. The van der Waals surface area contributed by atoms with Crippen molar-refractivity contribution in [3.05, 3.63) is 35.6 Å². The minimum Gasteiger partial charge on any atom is -0.479 e. The van der Waals surface area contributed by atoms with Gasteiger partial charge in [-0.25, -0.2) is 9.18 Å². The number of hydrogen-bond acceptors (Lipinski definition) is 2. The van der Waals surface area contributed by atoms with E-state index in [4.69, 9.17) is 0 Å². The van der Waals surface area contributed by atoms with E-state index in [2.05, 4.69) is 0 Å². The highest BCUT2D eigenvalue weighted by Crippen LogP contribution is 2.35. The van der Waals surface area contributed by atoms with E-state index in [1.165, 1.54) is 24.0 Å². The van der Waals surface area contributed by atoms with Gasteiger partial charge in [0.1, 0.15) is 11.4 Å². The number of hydrogen-bond donors (Lipinski definition) is 1. The molecule has 2 rings (SSSR count). The molecule has 0 bridgehead atoms. The van der Waals surface area contributed by atoms with Crippen LogP contribution in [0.2, 0.25) is 0 Å². The van der Waals surface area contributed by atoms with Crippen molar-refractivity contribution in [2.45, 2.75) is 44.7 Å². The molecule has 0 heterocycles. The Kier molecular flexibility index (Phi) is 3.79. The van der Waals surface area contributed by atoms with Gasteiger partial charge in [-0.2, -0.15) is 0 Å². The first-order valence-corrected chi connectivity index (χ1v) is 6.62. The van der Waals surface area contributed by atoms with Crippen molar-refractivity contribution in [2.24, 2.45) is 0 Å². The quantitative estimate of drug-likeness (QED) is 0.899. The summed E-state index contributed by atoms with van der Waals surface area (Å²) in [4.78, 5) is 25.0. The highest BCUT2D eigenvalue weighted by molar-refractivity contribution is 5.86. The van der Waals surface area contributed by atoms with E-state index >= 15 is 0 Å². The zero-order chi connectivity index (χ0) is 14.9. The van der Waals surface area contributed by atoms with Crippen molar-refractivity contribution in [3.63, 3.8) is 0 Å². The minimum atomic E-state index is -1.30. The molecule has 1 unspecified atom stereocenters. The molecule has 20 heavy (non-hydrogen) atoms. The molecular weight excluding hydrogens is 261 g/mol. The molecule has 1 aromatic rings. The van der Waals surface area contributed by atoms with Gasteiger partial charge >= 0.3 is 5.97 Å². The molecule has 0 radical (unpaired) electrons. The van der Waals surface area contributed by atoms with Gasteiger partial charge in [-0.05, 0) is 37.5 Å². The Bertz CT molecular complexity index is 524. The fourth-order valence-electron chi connectivity index (χ4n) is 2.60. The number of nitrogens with zero attached hydrogens (tertiary/aromatic N) is 1. The number of carbonyl (C=O) groups is 2. The van der Waals surface area contributed by atoms with E-state index < -0.39 is 11.5 Å². The van der Waals surface area contributed by atoms with E-state index in [-0.39, 0.29) is 24.2 Å². The molecule has 1 aliphatic carbocycles. The lowest BCUT2D eigenvalue weighted by Crippen LogP contribution is -2.57. The fourth-order valence-corrected chi connectivity index (χ4v) is 2.60. The molecular formula is C15H18FNO3. The first-order chi connectivity index (χ1) is 9.34. The molecule has 1 aliphatic rings. The van der Waals surface area contributed by atoms with Crippen LogP contribution in [-0.2, 0) is 16.0 Å². The monoisotopic (exact) mass is 279 g/mol. The summed E-state index contributed by atoms with van der Waals surface area (Å²) in [5, 5.41) is 9.58. The van der Waals surface area contributed by atoms with Crippen LogP contribution >= 0.6 is 0 Å². The van der Waals surface area contributed by atoms with Gasteiger partial charge in [0.05, 0.1) is 0 Å². The Morgan fingerprint density at radius 2 is 1.90 bits per heavy atom. The number of halogens is 1. The average Bonchev–Trinajstić information content (AvgIpc) is 3.16. The van der Waals surface area contributed by atoms with Crippen molar-refractivity contribution in [1.29, 1.82) is 0 Å². The fraction of sp³-hybridized carbons (Fsp3) is 0.467. The largest absolute Gasteiger partial charge is 0.479 e. The van der Waals surface area contributed by atoms with Crippen LogP contribution in [0.15, 0.2) is 24.3 Å². The maximum atomic E-state index is 12.9. The molecule has 0 aliphatic heterocycles. The summed E-state index contributed by atoms with van der Waals surface area (Å²) in [6.07, 6.45) is 1.84. The van der Waals surface area contributed by atoms with Crippen LogP contribution in [0.4, 0.5) is 4.39 Å². The smallest absolute Gasteiger partial charge is 0.329 e. The first-order valence-electron chi connectivity index (χ1n) is 6.62. The SMILES string of the molecule is CC(=O)N(C1CC1)C(C)(Cc1ccc(F)cc1)C(=O)O. The molecule has 1 aromatic carbocycles. The molecule has 1 N–H and O–H groups in total. The summed E-state index contributed by atoms with van der Waals surface area (Å²) in [5.74, 6) is -1.64. The Morgan fingerprint density at radius 3 is 2.30 bits per heavy atom. The molecule has 1 atom stereocenters. The first kappa shape index (κ1) is 14.5. The molecule has 0 saturated heterocycles. The van der Waals surface area contributed by atoms with Crippen LogP contribution in [0.3, 0.4) is 0 Å². The van der Waals surface area contributed by atoms with E-state index in [1.54, 1.807) is 19.1 Å². The van der Waals surface area contributed by atoms with Gasteiger partial charge in [0.2, 0.25) is 5.91 Å². The maximum Gasteiger partial charge on any atom is 0.329 e. The third kappa shape index (κ3) is 2.81. The predicted octanol–water partition coefficient (Wildman–Crippen LogP) is 2.22. The van der Waals surface area contributed by atoms with Crippen LogP contribution in [0.5, 0.6) is 0 Å². The van der Waals surface area contributed by atoms with E-state index in [9.17, 15) is 19.1 Å². The summed E-state index contributed by atoms with van der Waals surface area (Å²) in [5.41, 5.74) is -0.603. The number of carboxylic acids is 1. The van der Waals surface area contributed by atoms with E-state index in [0.29, 0.717) is 5.56 Å². The van der Waals surface area contributed by atoms with Crippen LogP contribution in [0, 0.1) is 5.82 Å². The van der Waals surface area contributed by atoms with Gasteiger partial charge in [-0.3, -0.25) is 4.79 Å². The zero-order valence-corrected chi connectivity index (χ0v) is 11.6. The number of aliphatic carboxylic acids is 1. The van der Waals surface area contributed by atoms with Crippen molar-refractivity contribution in [3.8, 4) is 0 Å². The van der Waals surface area contributed by atoms with Crippen LogP contribution < -0.4 is 0 Å². The molecule has 0 aromatic heterocycles. The number of carbonyl (C=O) groups excluding carboxylic acids is 1. The molecule has 4 nitrogen and oxygen atoms in total. The number of carboxylic acid groups (broad SMARTS) is 1. The van der Waals surface area contributed by atoms with Gasteiger partial charge in [0, 0.05) is 19.4 Å². The Labute approximate surface area is 117 Å². The maximum absolute atomic E-state index is 12.9. The molecule has 5 heteroatoms. The minimum absolute atomic E-state index is 0.00838. The summed E-state index contributed by atoms with van der Waals surface area (Å²) >= 11 is 0. The third-order valence-corrected chi connectivity index (χ3v) is 3.71. The lowest BCUT2D eigenvalue weighted by Gasteiger charge is -2.38. The lowest BCUT2D eigenvalue weighted by molar-refractivity contribution is -0.158. The lowest BCUT2D eigenvalue weighted by atomic mass is 9.90. The Balaban J connectivity index is 2.30. The van der Waals surface area contributed by atoms with Crippen molar-refractivity contribution >= 4 is 11.9 Å². The van der Waals surface area contributed by atoms with Gasteiger partial charge in [0.25, 0.3) is 0 Å². The average molecular weight is 279 g/mol. The summed E-state index contributed by atoms with van der Waals surface area (Å²) < 4.78 is 12.9. The molecule has 0 spiro atoms. The van der Waals surface area contributed by atoms with Crippen LogP contribution in [0.25, 0.3) is 0 Å². The molecule has 108 valence electrons. The topological polar surface area (TPSA) is 57.6 Å². The molecule has 1 amide bonds. The van der Waals surface area contributed by atoms with Gasteiger partial charge < -0.3 is 10.0 Å². The number of amides is 1. The highest BCUT2D eigenvalue weighted by atomic mass is 19.1. The van der Waals surface area contributed by atoms with Crippen LogP contribution in [0.1, 0.15) is 32.3 Å². The second-order valence-corrected chi connectivity index (χ2v) is 5.50.